The molecule has 3 aromatic rings. The molecule has 0 nitrogen and oxygen atoms in total. The van der Waals surface area contributed by atoms with Crippen LogP contribution in [0.1, 0.15) is 16.5 Å². The van der Waals surface area contributed by atoms with Crippen molar-refractivity contribution in [3.8, 4) is 0 Å². The highest BCUT2D eigenvalue weighted by Gasteiger charge is 2.17. The Morgan fingerprint density at radius 3 is 2.68 bits per heavy atom. The van der Waals surface area contributed by atoms with Gasteiger partial charge in [-0.15, -0.1) is 22.9 Å². The molecule has 0 aliphatic rings. The van der Waals surface area contributed by atoms with Gasteiger partial charge in [0.1, 0.15) is 5.82 Å². The number of thiophene rings is 1. The van der Waals surface area contributed by atoms with Gasteiger partial charge in [-0.2, -0.15) is 0 Å². The molecule has 3 rings (SSSR count). The van der Waals surface area contributed by atoms with Crippen LogP contribution in [0.3, 0.4) is 0 Å². The van der Waals surface area contributed by atoms with E-state index in [4.69, 9.17) is 11.6 Å². The molecule has 0 amide bonds. The van der Waals surface area contributed by atoms with Gasteiger partial charge in [-0.25, -0.2) is 4.39 Å². The maximum atomic E-state index is 13.2. The molecule has 96 valence electrons. The van der Waals surface area contributed by atoms with Gasteiger partial charge in [0.2, 0.25) is 0 Å². The summed E-state index contributed by atoms with van der Waals surface area (Å²) >= 11 is 10.4. The molecule has 19 heavy (non-hydrogen) atoms. The van der Waals surface area contributed by atoms with Crippen molar-refractivity contribution in [1.82, 2.24) is 0 Å². The molecule has 0 saturated heterocycles. The first-order chi connectivity index (χ1) is 9.16. The summed E-state index contributed by atoms with van der Waals surface area (Å²) in [6.07, 6.45) is 0. The molecular weight excluding hydrogens is 394 g/mol. The minimum atomic E-state index is -0.247. The van der Waals surface area contributed by atoms with Crippen molar-refractivity contribution < 1.29 is 4.39 Å². The predicted octanol–water partition coefficient (Wildman–Crippen LogP) is 5.97. The third kappa shape index (κ3) is 2.51. The molecule has 1 unspecified atom stereocenters. The van der Waals surface area contributed by atoms with Crippen LogP contribution >= 0.6 is 45.5 Å². The van der Waals surface area contributed by atoms with Crippen LogP contribution in [0.5, 0.6) is 0 Å². The summed E-state index contributed by atoms with van der Waals surface area (Å²) in [5.41, 5.74) is 2.04. The van der Waals surface area contributed by atoms with Crippen LogP contribution in [-0.2, 0) is 0 Å². The minimum absolute atomic E-state index is 0.229. The number of halogens is 3. The van der Waals surface area contributed by atoms with E-state index in [9.17, 15) is 4.39 Å². The minimum Gasteiger partial charge on any atom is -0.207 e. The zero-order chi connectivity index (χ0) is 13.4. The molecule has 0 N–H and O–H groups in total. The van der Waals surface area contributed by atoms with Gasteiger partial charge in [-0.05, 0) is 62.7 Å². The second-order valence-corrected chi connectivity index (χ2v) is 6.73. The van der Waals surface area contributed by atoms with Crippen LogP contribution in [0, 0.1) is 9.39 Å². The van der Waals surface area contributed by atoms with E-state index in [0.29, 0.717) is 0 Å². The zero-order valence-corrected chi connectivity index (χ0v) is 13.5. The molecule has 0 bridgehead atoms. The van der Waals surface area contributed by atoms with Gasteiger partial charge in [0.05, 0.1) is 5.38 Å². The molecular formula is C15H9ClFIS. The zero-order valence-electron chi connectivity index (χ0n) is 9.74. The number of fused-ring (bicyclic) bond motifs is 1. The standard InChI is InChI=1S/C15H9ClFIS/c16-15(11-6-5-9(17)7-13(11)18)12-8-19-14-4-2-1-3-10(12)14/h1-8,15H. The van der Waals surface area contributed by atoms with Crippen molar-refractivity contribution >= 4 is 55.6 Å². The van der Waals surface area contributed by atoms with E-state index in [-0.39, 0.29) is 11.2 Å². The Balaban J connectivity index is 2.10. The second kappa shape index (κ2) is 5.38. The van der Waals surface area contributed by atoms with Gasteiger partial charge in [0, 0.05) is 8.27 Å². The molecule has 0 saturated carbocycles. The van der Waals surface area contributed by atoms with E-state index in [1.807, 2.05) is 12.1 Å². The highest BCUT2D eigenvalue weighted by Crippen LogP contribution is 2.38. The fourth-order valence-corrected chi connectivity index (χ4v) is 4.47. The van der Waals surface area contributed by atoms with Crippen LogP contribution < -0.4 is 0 Å². The van der Waals surface area contributed by atoms with E-state index in [1.165, 1.54) is 22.2 Å². The van der Waals surface area contributed by atoms with Crippen LogP contribution in [0.15, 0.2) is 47.8 Å². The van der Waals surface area contributed by atoms with Crippen LogP contribution in [0.25, 0.3) is 10.1 Å². The van der Waals surface area contributed by atoms with E-state index in [2.05, 4.69) is 40.1 Å². The monoisotopic (exact) mass is 402 g/mol. The fraction of sp³-hybridized carbons (Fsp3) is 0.0667. The summed E-state index contributed by atoms with van der Waals surface area (Å²) in [5, 5.41) is 3.01. The van der Waals surface area contributed by atoms with Crippen molar-refractivity contribution in [3.63, 3.8) is 0 Å². The van der Waals surface area contributed by atoms with Gasteiger partial charge in [0.15, 0.2) is 0 Å². The summed E-state index contributed by atoms with van der Waals surface area (Å²) in [5.74, 6) is -0.229. The first-order valence-corrected chi connectivity index (χ1v) is 8.11. The Bertz CT molecular complexity index is 738. The first kappa shape index (κ1) is 13.3. The largest absolute Gasteiger partial charge is 0.207 e. The molecule has 0 radical (unpaired) electrons. The van der Waals surface area contributed by atoms with E-state index in [1.54, 1.807) is 17.4 Å². The Morgan fingerprint density at radius 1 is 1.11 bits per heavy atom. The average molecular weight is 403 g/mol. The Hall–Kier alpha value is -0.650. The number of hydrogen-bond donors (Lipinski definition) is 0. The molecule has 0 fully saturated rings. The highest BCUT2D eigenvalue weighted by atomic mass is 127. The highest BCUT2D eigenvalue weighted by molar-refractivity contribution is 14.1. The van der Waals surface area contributed by atoms with Gasteiger partial charge in [-0.3, -0.25) is 0 Å². The summed E-state index contributed by atoms with van der Waals surface area (Å²) in [6.45, 7) is 0. The van der Waals surface area contributed by atoms with Crippen molar-refractivity contribution in [3.05, 3.63) is 68.4 Å². The normalized spacial score (nSPS) is 12.8. The third-order valence-electron chi connectivity index (χ3n) is 3.02. The van der Waals surface area contributed by atoms with Crippen molar-refractivity contribution in [2.45, 2.75) is 5.38 Å². The van der Waals surface area contributed by atoms with Crippen molar-refractivity contribution in [2.24, 2.45) is 0 Å². The predicted molar refractivity (Wildman–Crippen MR) is 88.6 cm³/mol. The molecule has 0 aliphatic carbocycles. The summed E-state index contributed by atoms with van der Waals surface area (Å²) in [4.78, 5) is 0. The number of alkyl halides is 1. The van der Waals surface area contributed by atoms with Gasteiger partial charge < -0.3 is 0 Å². The number of benzene rings is 2. The fourth-order valence-electron chi connectivity index (χ4n) is 2.07. The topological polar surface area (TPSA) is 0 Å². The maximum Gasteiger partial charge on any atom is 0.124 e. The lowest BCUT2D eigenvalue weighted by atomic mass is 10.0. The Labute approximate surface area is 133 Å². The van der Waals surface area contributed by atoms with Gasteiger partial charge >= 0.3 is 0 Å². The van der Waals surface area contributed by atoms with Crippen molar-refractivity contribution in [1.29, 1.82) is 0 Å². The van der Waals surface area contributed by atoms with Crippen LogP contribution in [0.2, 0.25) is 0 Å². The van der Waals surface area contributed by atoms with Gasteiger partial charge in [0.25, 0.3) is 0 Å². The third-order valence-corrected chi connectivity index (χ3v) is 5.41. The molecule has 0 aliphatic heterocycles. The Kier molecular flexibility index (Phi) is 3.78. The molecule has 4 heteroatoms. The number of hydrogen-bond acceptors (Lipinski definition) is 1. The van der Waals surface area contributed by atoms with Crippen molar-refractivity contribution in [2.75, 3.05) is 0 Å². The Morgan fingerprint density at radius 2 is 1.89 bits per heavy atom. The van der Waals surface area contributed by atoms with E-state index < -0.39 is 0 Å². The quantitative estimate of drug-likeness (QED) is 0.366. The molecule has 0 spiro atoms. The number of rotatable bonds is 2. The molecule has 1 aromatic heterocycles. The van der Waals surface area contributed by atoms with E-state index >= 15 is 0 Å². The first-order valence-electron chi connectivity index (χ1n) is 5.72. The summed E-state index contributed by atoms with van der Waals surface area (Å²) in [6, 6.07) is 12.9. The average Bonchev–Trinajstić information content (AvgIpc) is 2.82. The molecule has 1 atom stereocenters. The summed E-state index contributed by atoms with van der Waals surface area (Å²) < 4.78 is 15.2. The van der Waals surface area contributed by atoms with Crippen LogP contribution in [0.4, 0.5) is 4.39 Å². The lowest BCUT2D eigenvalue weighted by molar-refractivity contribution is 0.626. The maximum absolute atomic E-state index is 13.2. The molecule has 1 heterocycles. The lowest BCUT2D eigenvalue weighted by Crippen LogP contribution is -1.96. The SMILES string of the molecule is Fc1ccc(C(Cl)c2csc3ccccc23)c(I)c1. The van der Waals surface area contributed by atoms with Crippen LogP contribution in [-0.4, -0.2) is 0 Å². The van der Waals surface area contributed by atoms with E-state index in [0.717, 1.165) is 14.7 Å². The second-order valence-electron chi connectivity index (χ2n) is 4.22. The van der Waals surface area contributed by atoms with Gasteiger partial charge in [-0.1, -0.05) is 24.3 Å². The molecule has 2 aromatic carbocycles. The summed E-state index contributed by atoms with van der Waals surface area (Å²) in [7, 11) is 0. The lowest BCUT2D eigenvalue weighted by Gasteiger charge is -2.11. The smallest absolute Gasteiger partial charge is 0.124 e.